The Morgan fingerprint density at radius 3 is 1.91 bits per heavy atom. The molecule has 0 aromatic heterocycles. The van der Waals surface area contributed by atoms with Crippen molar-refractivity contribution < 1.29 is 4.79 Å². The monoisotopic (exact) mass is 425 g/mol. The molecule has 1 N–H and O–H groups in total. The van der Waals surface area contributed by atoms with E-state index < -0.39 is 18.4 Å². The molecule has 0 aliphatic carbocycles. The SMILES string of the molecule is CCC[CH2][Sn]([CH2]CCC)([CH2]CCC)[c]1cccc(NC(C)=O)c1. The first kappa shape index (κ1) is 20.5. The Hall–Kier alpha value is -0.511. The van der Waals surface area contributed by atoms with Crippen LogP contribution in [0.1, 0.15) is 66.2 Å². The number of unbranched alkanes of at least 4 members (excludes halogenated alkanes) is 3. The minimum atomic E-state index is -2.36. The summed E-state index contributed by atoms with van der Waals surface area (Å²) in [6.45, 7) is 8.52. The van der Waals surface area contributed by atoms with Crippen molar-refractivity contribution in [2.75, 3.05) is 5.32 Å². The van der Waals surface area contributed by atoms with Crippen molar-refractivity contribution in [1.29, 1.82) is 0 Å². The van der Waals surface area contributed by atoms with Gasteiger partial charge in [0.2, 0.25) is 0 Å². The first-order chi connectivity index (χ1) is 11.1. The van der Waals surface area contributed by atoms with E-state index in [0.717, 1.165) is 5.69 Å². The van der Waals surface area contributed by atoms with Crippen LogP contribution >= 0.6 is 0 Å². The van der Waals surface area contributed by atoms with Gasteiger partial charge in [0.25, 0.3) is 0 Å². The predicted octanol–water partition coefficient (Wildman–Crippen LogP) is 5.70. The van der Waals surface area contributed by atoms with Gasteiger partial charge in [-0.05, 0) is 0 Å². The molecule has 0 unspecified atom stereocenters. The topological polar surface area (TPSA) is 29.1 Å². The summed E-state index contributed by atoms with van der Waals surface area (Å²) in [5, 5.41) is 2.98. The summed E-state index contributed by atoms with van der Waals surface area (Å²) < 4.78 is 6.03. The van der Waals surface area contributed by atoms with E-state index in [9.17, 15) is 4.79 Å². The molecule has 0 aliphatic heterocycles. The summed E-state index contributed by atoms with van der Waals surface area (Å²) in [7, 11) is 0. The van der Waals surface area contributed by atoms with Crippen LogP contribution in [0.4, 0.5) is 5.69 Å². The zero-order valence-corrected chi connectivity index (χ0v) is 18.4. The van der Waals surface area contributed by atoms with Gasteiger partial charge in [0.1, 0.15) is 0 Å². The van der Waals surface area contributed by atoms with Crippen LogP contribution in [0.3, 0.4) is 0 Å². The van der Waals surface area contributed by atoms with Crippen LogP contribution < -0.4 is 8.90 Å². The first-order valence-electron chi connectivity index (χ1n) is 9.46. The fraction of sp³-hybridized carbons (Fsp3) is 0.650. The number of rotatable bonds is 11. The van der Waals surface area contributed by atoms with E-state index >= 15 is 0 Å². The Morgan fingerprint density at radius 1 is 0.957 bits per heavy atom. The van der Waals surface area contributed by atoms with Gasteiger partial charge in [0.15, 0.2) is 0 Å². The summed E-state index contributed by atoms with van der Waals surface area (Å²) in [6, 6.07) is 8.85. The fourth-order valence-corrected chi connectivity index (χ4v) is 19.5. The van der Waals surface area contributed by atoms with Gasteiger partial charge >= 0.3 is 147 Å². The number of hydrogen-bond acceptors (Lipinski definition) is 1. The third-order valence-electron chi connectivity index (χ3n) is 4.82. The van der Waals surface area contributed by atoms with Crippen molar-refractivity contribution in [2.24, 2.45) is 0 Å². The van der Waals surface area contributed by atoms with E-state index in [-0.39, 0.29) is 5.91 Å². The molecule has 1 aromatic carbocycles. The van der Waals surface area contributed by atoms with Crippen molar-refractivity contribution >= 4 is 33.6 Å². The molecule has 0 saturated heterocycles. The Bertz CT molecular complexity index is 451. The number of amides is 1. The maximum absolute atomic E-state index is 11.4. The van der Waals surface area contributed by atoms with Crippen LogP contribution in [0.25, 0.3) is 0 Å². The van der Waals surface area contributed by atoms with Crippen molar-refractivity contribution in [3.8, 4) is 0 Å². The minimum absolute atomic E-state index is 0.0265. The molecule has 0 fully saturated rings. The van der Waals surface area contributed by atoms with Gasteiger partial charge in [-0.25, -0.2) is 0 Å². The molecular weight excluding hydrogens is 389 g/mol. The third-order valence-corrected chi connectivity index (χ3v) is 20.4. The summed E-state index contributed by atoms with van der Waals surface area (Å²) in [5.74, 6) is 0.0265. The van der Waals surface area contributed by atoms with Gasteiger partial charge < -0.3 is 0 Å². The van der Waals surface area contributed by atoms with Crippen LogP contribution in [0.15, 0.2) is 24.3 Å². The molecule has 2 nitrogen and oxygen atoms in total. The summed E-state index contributed by atoms with van der Waals surface area (Å²) in [6.07, 6.45) is 7.99. The molecule has 130 valence electrons. The van der Waals surface area contributed by atoms with E-state index in [1.807, 2.05) is 6.07 Å². The number of anilines is 1. The Labute approximate surface area is 147 Å². The summed E-state index contributed by atoms with van der Waals surface area (Å²) >= 11 is -2.36. The zero-order chi connectivity index (χ0) is 17.1. The average Bonchev–Trinajstić information content (AvgIpc) is 2.54. The Morgan fingerprint density at radius 2 is 1.48 bits per heavy atom. The molecule has 3 heteroatoms. The second-order valence-electron chi connectivity index (χ2n) is 6.85. The standard InChI is InChI=1S/C8H8NO.3C4H9.Sn/c1-7(10)9-8-5-3-2-4-6-8;3*1-3-4-2;/h2-3,5-6H,1H3,(H,9,10);3*1,3-4H2,2H3;. The number of carbonyl (C=O) groups excluding carboxylic acids is 1. The summed E-state index contributed by atoms with van der Waals surface area (Å²) in [4.78, 5) is 11.4. The van der Waals surface area contributed by atoms with E-state index in [2.05, 4.69) is 44.3 Å². The Balaban J connectivity index is 3.14. The van der Waals surface area contributed by atoms with Gasteiger partial charge in [-0.2, -0.15) is 0 Å². The normalized spacial score (nSPS) is 11.5. The van der Waals surface area contributed by atoms with Crippen LogP contribution in [0, 0.1) is 0 Å². The van der Waals surface area contributed by atoms with Crippen LogP contribution in [0.2, 0.25) is 13.3 Å². The molecule has 1 amide bonds. The zero-order valence-electron chi connectivity index (χ0n) is 15.6. The van der Waals surface area contributed by atoms with Gasteiger partial charge in [-0.1, -0.05) is 0 Å². The number of nitrogens with one attached hydrogen (secondary N) is 1. The molecule has 1 aromatic rings. The molecule has 0 radical (unpaired) electrons. The van der Waals surface area contributed by atoms with E-state index in [1.165, 1.54) is 51.8 Å². The van der Waals surface area contributed by atoms with E-state index in [4.69, 9.17) is 0 Å². The molecule has 0 spiro atoms. The number of carbonyl (C=O) groups is 1. The molecule has 0 bridgehead atoms. The van der Waals surface area contributed by atoms with Crippen molar-refractivity contribution in [3.63, 3.8) is 0 Å². The van der Waals surface area contributed by atoms with Crippen molar-refractivity contribution in [3.05, 3.63) is 24.3 Å². The quantitative estimate of drug-likeness (QED) is 0.454. The molecule has 0 saturated carbocycles. The molecule has 0 atom stereocenters. The molecule has 1 rings (SSSR count). The average molecular weight is 424 g/mol. The molecule has 0 heterocycles. The Kier molecular flexibility index (Phi) is 9.92. The molecule has 0 aliphatic rings. The predicted molar refractivity (Wildman–Crippen MR) is 105 cm³/mol. The van der Waals surface area contributed by atoms with Crippen LogP contribution in [-0.4, -0.2) is 24.3 Å². The van der Waals surface area contributed by atoms with Gasteiger partial charge in [-0.3, -0.25) is 0 Å². The van der Waals surface area contributed by atoms with Crippen LogP contribution in [-0.2, 0) is 4.79 Å². The number of hydrogen-bond donors (Lipinski definition) is 1. The van der Waals surface area contributed by atoms with E-state index in [0.29, 0.717) is 0 Å². The second kappa shape index (κ2) is 11.1. The number of benzene rings is 1. The van der Waals surface area contributed by atoms with Gasteiger partial charge in [0, 0.05) is 0 Å². The summed E-state index contributed by atoms with van der Waals surface area (Å²) in [5.41, 5.74) is 0.987. The third kappa shape index (κ3) is 6.86. The maximum atomic E-state index is 11.4. The fourth-order valence-electron chi connectivity index (χ4n) is 3.48. The van der Waals surface area contributed by atoms with Gasteiger partial charge in [0.05, 0.1) is 0 Å². The van der Waals surface area contributed by atoms with Crippen molar-refractivity contribution in [1.82, 2.24) is 0 Å². The second-order valence-corrected chi connectivity index (χ2v) is 20.1. The van der Waals surface area contributed by atoms with E-state index in [1.54, 1.807) is 10.5 Å². The molecular formula is C20H35NOSn. The molecule has 23 heavy (non-hydrogen) atoms. The first-order valence-corrected chi connectivity index (χ1v) is 16.9. The van der Waals surface area contributed by atoms with Gasteiger partial charge in [-0.15, -0.1) is 0 Å². The van der Waals surface area contributed by atoms with Crippen LogP contribution in [0.5, 0.6) is 0 Å². The van der Waals surface area contributed by atoms with Crippen molar-refractivity contribution in [2.45, 2.75) is 79.5 Å².